The predicted molar refractivity (Wildman–Crippen MR) is 110 cm³/mol. The maximum atomic E-state index is 13.2. The first-order valence-electron chi connectivity index (χ1n) is 9.79. The largest absolute Gasteiger partial charge is 0.461 e. The highest BCUT2D eigenvalue weighted by Crippen LogP contribution is 2.37. The molecule has 2 aromatic rings. The molecule has 1 atom stereocenters. The van der Waals surface area contributed by atoms with Crippen molar-refractivity contribution in [1.82, 2.24) is 0 Å². The van der Waals surface area contributed by atoms with E-state index in [1.807, 2.05) is 32.0 Å². The summed E-state index contributed by atoms with van der Waals surface area (Å²) in [5.41, 5.74) is -0.0166. The molecule has 1 aliphatic rings. The Hall–Kier alpha value is -3.02. The third-order valence-electron chi connectivity index (χ3n) is 4.97. The Bertz CT molecular complexity index is 878. The van der Waals surface area contributed by atoms with Crippen molar-refractivity contribution in [2.45, 2.75) is 45.8 Å². The maximum Gasteiger partial charge on any atom is 0.332 e. The lowest BCUT2D eigenvalue weighted by Gasteiger charge is -2.37. The minimum absolute atomic E-state index is 0.0331. The van der Waals surface area contributed by atoms with Crippen LogP contribution >= 0.6 is 0 Å². The summed E-state index contributed by atoms with van der Waals surface area (Å²) in [6.07, 6.45) is -0.333. The van der Waals surface area contributed by atoms with Crippen LogP contribution in [0.2, 0.25) is 0 Å². The molecule has 0 spiro atoms. The normalized spacial score (nSPS) is 14.6. The highest BCUT2D eigenvalue weighted by atomic mass is 16.7. The molecule has 0 saturated carbocycles. The van der Waals surface area contributed by atoms with Crippen LogP contribution in [0.1, 0.15) is 44.5 Å². The van der Waals surface area contributed by atoms with E-state index in [1.54, 1.807) is 44.2 Å². The summed E-state index contributed by atoms with van der Waals surface area (Å²) in [7, 11) is 0. The zero-order valence-corrected chi connectivity index (χ0v) is 17.2. The number of benzene rings is 2. The number of ketones is 1. The van der Waals surface area contributed by atoms with E-state index >= 15 is 0 Å². The minimum atomic E-state index is -1.23. The van der Waals surface area contributed by atoms with Crippen LogP contribution < -0.4 is 14.8 Å². The lowest BCUT2D eigenvalue weighted by molar-refractivity contribution is -0.154. The first-order valence-corrected chi connectivity index (χ1v) is 9.79. The molecular formula is C23H27NO5. The quantitative estimate of drug-likeness (QED) is 0.524. The fraction of sp³-hybridized carbons (Fsp3) is 0.391. The number of hydrogen-bond donors (Lipinski definition) is 1. The Morgan fingerprint density at radius 1 is 1.03 bits per heavy atom. The second-order valence-electron chi connectivity index (χ2n) is 7.74. The molecule has 154 valence electrons. The molecule has 1 unspecified atom stereocenters. The number of carbonyl (C=O) groups excluding carboxylic acids is 2. The van der Waals surface area contributed by atoms with Crippen LogP contribution in [0, 0.1) is 5.92 Å². The summed E-state index contributed by atoms with van der Waals surface area (Å²) in [5.74, 6) is 0.444. The summed E-state index contributed by atoms with van der Waals surface area (Å²) in [6, 6.07) is 14.3. The highest BCUT2D eigenvalue weighted by molar-refractivity contribution is 6.01. The highest BCUT2D eigenvalue weighted by Gasteiger charge is 2.45. The summed E-state index contributed by atoms with van der Waals surface area (Å²) < 4.78 is 16.4. The van der Waals surface area contributed by atoms with Crippen molar-refractivity contribution in [1.29, 1.82) is 0 Å². The number of esters is 1. The average molecular weight is 397 g/mol. The monoisotopic (exact) mass is 397 g/mol. The fourth-order valence-electron chi connectivity index (χ4n) is 3.28. The Kier molecular flexibility index (Phi) is 6.11. The molecule has 1 N–H and O–H groups in total. The fourth-order valence-corrected chi connectivity index (χ4v) is 3.28. The molecule has 6 heteroatoms. The number of carbonyl (C=O) groups is 2. The van der Waals surface area contributed by atoms with Crippen molar-refractivity contribution in [3.63, 3.8) is 0 Å². The van der Waals surface area contributed by atoms with Crippen LogP contribution in [0.5, 0.6) is 11.5 Å². The van der Waals surface area contributed by atoms with Gasteiger partial charge in [-0.3, -0.25) is 4.79 Å². The molecule has 0 fully saturated rings. The van der Waals surface area contributed by atoms with Crippen molar-refractivity contribution < 1.29 is 23.8 Å². The van der Waals surface area contributed by atoms with Crippen LogP contribution in [0.3, 0.4) is 0 Å². The van der Waals surface area contributed by atoms with Gasteiger partial charge in [0.15, 0.2) is 17.3 Å². The van der Waals surface area contributed by atoms with Gasteiger partial charge in [0.05, 0.1) is 6.10 Å². The number of Topliss-reactive ketones (excluding diaryl/α,β-unsaturated/α-hetero) is 1. The number of anilines is 1. The van der Waals surface area contributed by atoms with Gasteiger partial charge >= 0.3 is 5.97 Å². The van der Waals surface area contributed by atoms with Crippen molar-refractivity contribution in [3.8, 4) is 11.5 Å². The van der Waals surface area contributed by atoms with Crippen LogP contribution in [-0.4, -0.2) is 30.2 Å². The van der Waals surface area contributed by atoms with Gasteiger partial charge in [-0.15, -0.1) is 0 Å². The second kappa shape index (κ2) is 8.55. The summed E-state index contributed by atoms with van der Waals surface area (Å²) in [4.78, 5) is 26.3. The van der Waals surface area contributed by atoms with Crippen molar-refractivity contribution in [3.05, 3.63) is 54.1 Å². The zero-order chi connectivity index (χ0) is 21.0. The second-order valence-corrected chi connectivity index (χ2v) is 7.74. The zero-order valence-electron chi connectivity index (χ0n) is 17.2. The van der Waals surface area contributed by atoms with E-state index in [9.17, 15) is 9.59 Å². The van der Waals surface area contributed by atoms with Crippen LogP contribution in [0.4, 0.5) is 5.69 Å². The molecule has 2 aromatic carbocycles. The lowest BCUT2D eigenvalue weighted by Crippen LogP contribution is -2.54. The lowest BCUT2D eigenvalue weighted by atomic mass is 9.80. The predicted octanol–water partition coefficient (Wildman–Crippen LogP) is 4.45. The molecule has 0 aromatic heterocycles. The van der Waals surface area contributed by atoms with E-state index in [0.29, 0.717) is 22.7 Å². The third-order valence-corrected chi connectivity index (χ3v) is 4.97. The van der Waals surface area contributed by atoms with Gasteiger partial charge in [-0.05, 0) is 31.9 Å². The molecule has 29 heavy (non-hydrogen) atoms. The molecule has 0 aliphatic carbocycles. The first kappa shape index (κ1) is 20.7. The standard InChI is InChI=1S/C23H27NO5/c1-15(2)23(22(26)29-16(3)4,13-19(25)17-8-6-5-7-9-17)24-18-10-11-20-21(12-18)28-14-27-20/h5-12,15-16,24H,13-14H2,1-4H3. The van der Waals surface area contributed by atoms with Gasteiger partial charge in [-0.1, -0.05) is 44.2 Å². The minimum Gasteiger partial charge on any atom is -0.461 e. The van der Waals surface area contributed by atoms with Gasteiger partial charge in [0.25, 0.3) is 0 Å². The topological polar surface area (TPSA) is 73.9 Å². The van der Waals surface area contributed by atoms with Gasteiger partial charge in [0.1, 0.15) is 5.54 Å². The van der Waals surface area contributed by atoms with Crippen molar-refractivity contribution in [2.75, 3.05) is 12.1 Å². The molecular weight excluding hydrogens is 370 g/mol. The van der Waals surface area contributed by atoms with Crippen molar-refractivity contribution >= 4 is 17.4 Å². The first-order chi connectivity index (χ1) is 13.8. The molecule has 1 heterocycles. The van der Waals surface area contributed by atoms with E-state index < -0.39 is 11.5 Å². The van der Waals surface area contributed by atoms with E-state index in [2.05, 4.69) is 5.32 Å². The number of rotatable bonds is 8. The van der Waals surface area contributed by atoms with E-state index in [1.165, 1.54) is 0 Å². The Morgan fingerprint density at radius 3 is 2.38 bits per heavy atom. The molecule has 0 bridgehead atoms. The van der Waals surface area contributed by atoms with E-state index in [4.69, 9.17) is 14.2 Å². The SMILES string of the molecule is CC(C)OC(=O)C(CC(=O)c1ccccc1)(Nc1ccc2c(c1)OCO2)C(C)C. The molecule has 6 nitrogen and oxygen atoms in total. The van der Waals surface area contributed by atoms with Crippen molar-refractivity contribution in [2.24, 2.45) is 5.92 Å². The van der Waals surface area contributed by atoms with Crippen LogP contribution in [-0.2, 0) is 9.53 Å². The van der Waals surface area contributed by atoms with Crippen LogP contribution in [0.15, 0.2) is 48.5 Å². The molecule has 0 saturated heterocycles. The number of hydrogen-bond acceptors (Lipinski definition) is 6. The molecule has 3 rings (SSSR count). The molecule has 0 radical (unpaired) electrons. The maximum absolute atomic E-state index is 13.2. The van der Waals surface area contributed by atoms with Gasteiger partial charge < -0.3 is 19.5 Å². The Labute approximate surface area is 171 Å². The van der Waals surface area contributed by atoms with E-state index in [-0.39, 0.29) is 31.0 Å². The molecule has 0 amide bonds. The molecule has 1 aliphatic heterocycles. The summed E-state index contributed by atoms with van der Waals surface area (Å²) >= 11 is 0. The van der Waals surface area contributed by atoms with E-state index in [0.717, 1.165) is 0 Å². The number of ether oxygens (including phenoxy) is 3. The van der Waals surface area contributed by atoms with Gasteiger partial charge in [-0.2, -0.15) is 0 Å². The smallest absolute Gasteiger partial charge is 0.332 e. The van der Waals surface area contributed by atoms with Gasteiger partial charge in [0, 0.05) is 23.7 Å². The number of nitrogens with one attached hydrogen (secondary N) is 1. The number of fused-ring (bicyclic) bond motifs is 1. The average Bonchev–Trinajstić information content (AvgIpc) is 3.15. The third kappa shape index (κ3) is 4.53. The van der Waals surface area contributed by atoms with Gasteiger partial charge in [0.2, 0.25) is 6.79 Å². The summed E-state index contributed by atoms with van der Waals surface area (Å²) in [6.45, 7) is 7.56. The van der Waals surface area contributed by atoms with Crippen LogP contribution in [0.25, 0.3) is 0 Å². The Balaban J connectivity index is 1.97. The summed E-state index contributed by atoms with van der Waals surface area (Å²) in [5, 5.41) is 3.30. The van der Waals surface area contributed by atoms with Gasteiger partial charge in [-0.25, -0.2) is 4.79 Å². The Morgan fingerprint density at radius 2 is 1.72 bits per heavy atom.